The fraction of sp³-hybridized carbons (Fsp3) is 0.600. The minimum atomic E-state index is 0.408. The average molecular weight is 291 g/mol. The van der Waals surface area contributed by atoms with Crippen LogP contribution in [0.4, 0.5) is 5.82 Å². The van der Waals surface area contributed by atoms with Crippen molar-refractivity contribution >= 4 is 23.0 Å². The van der Waals surface area contributed by atoms with Crippen LogP contribution in [0.15, 0.2) is 6.07 Å². The maximum Gasteiger partial charge on any atom is 0.136 e. The third-order valence-corrected chi connectivity index (χ3v) is 4.35. The summed E-state index contributed by atoms with van der Waals surface area (Å²) < 4.78 is 5.39. The number of aryl methyl sites for hydroxylation is 2. The van der Waals surface area contributed by atoms with Crippen LogP contribution in [0.3, 0.4) is 0 Å². The first-order chi connectivity index (χ1) is 9.74. The third kappa shape index (κ3) is 2.94. The van der Waals surface area contributed by atoms with Gasteiger partial charge in [-0.25, -0.2) is 4.98 Å². The molecule has 20 heavy (non-hydrogen) atoms. The van der Waals surface area contributed by atoms with Gasteiger partial charge in [-0.15, -0.1) is 0 Å². The second kappa shape index (κ2) is 6.06. The first-order valence-corrected chi connectivity index (χ1v) is 7.82. The van der Waals surface area contributed by atoms with Gasteiger partial charge in [0.25, 0.3) is 0 Å². The summed E-state index contributed by atoms with van der Waals surface area (Å²) in [6.07, 6.45) is 6.64. The molecule has 5 heteroatoms. The molecule has 4 nitrogen and oxygen atoms in total. The Hall–Kier alpha value is -1.20. The van der Waals surface area contributed by atoms with Crippen LogP contribution in [0.2, 0.25) is 0 Å². The number of nitrogens with two attached hydrogens (primary N) is 1. The van der Waals surface area contributed by atoms with Crippen molar-refractivity contribution in [3.63, 3.8) is 0 Å². The summed E-state index contributed by atoms with van der Waals surface area (Å²) >= 11 is 5.20. The number of thiocarbonyl (C=S) groups is 1. The Bertz CT molecular complexity index is 512. The van der Waals surface area contributed by atoms with Crippen molar-refractivity contribution in [3.8, 4) is 0 Å². The van der Waals surface area contributed by atoms with Gasteiger partial charge in [-0.1, -0.05) is 12.2 Å². The number of hydrogen-bond donors (Lipinski definition) is 2. The van der Waals surface area contributed by atoms with E-state index in [2.05, 4.69) is 11.4 Å². The van der Waals surface area contributed by atoms with Crippen LogP contribution < -0.4 is 11.1 Å². The van der Waals surface area contributed by atoms with Gasteiger partial charge in [0.2, 0.25) is 0 Å². The smallest absolute Gasteiger partial charge is 0.136 e. The van der Waals surface area contributed by atoms with Crippen molar-refractivity contribution in [2.24, 2.45) is 5.73 Å². The molecule has 3 N–H and O–H groups in total. The molecule has 1 saturated heterocycles. The van der Waals surface area contributed by atoms with Crippen molar-refractivity contribution in [1.82, 2.24) is 4.98 Å². The van der Waals surface area contributed by atoms with Crippen LogP contribution in [-0.2, 0) is 17.6 Å². The summed E-state index contributed by atoms with van der Waals surface area (Å²) in [6.45, 7) is 1.62. The molecular formula is C15H21N3OS. The van der Waals surface area contributed by atoms with Crippen molar-refractivity contribution in [3.05, 3.63) is 22.9 Å². The van der Waals surface area contributed by atoms with Gasteiger partial charge >= 0.3 is 0 Å². The molecule has 0 atom stereocenters. The second-order valence-electron chi connectivity index (χ2n) is 5.59. The molecule has 0 aromatic carbocycles. The van der Waals surface area contributed by atoms with Gasteiger partial charge in [-0.2, -0.15) is 0 Å². The SMILES string of the molecule is NC(=S)c1cc2c(nc1NC1CCOCC1)CCCC2. The minimum Gasteiger partial charge on any atom is -0.389 e. The number of ether oxygens (including phenoxy) is 1. The molecule has 0 bridgehead atoms. The highest BCUT2D eigenvalue weighted by Gasteiger charge is 2.20. The standard InChI is InChI=1S/C15H21N3OS/c16-14(20)12-9-10-3-1-2-4-13(10)18-15(12)17-11-5-7-19-8-6-11/h9,11H,1-8H2,(H2,16,20)(H,17,18). The maximum absolute atomic E-state index is 5.88. The van der Waals surface area contributed by atoms with Crippen molar-refractivity contribution < 1.29 is 4.74 Å². The van der Waals surface area contributed by atoms with E-state index in [0.29, 0.717) is 11.0 Å². The molecule has 0 amide bonds. The Morgan fingerprint density at radius 3 is 2.80 bits per heavy atom. The van der Waals surface area contributed by atoms with Gasteiger partial charge in [-0.05, 0) is 50.2 Å². The molecule has 0 saturated carbocycles. The topological polar surface area (TPSA) is 60.2 Å². The summed E-state index contributed by atoms with van der Waals surface area (Å²) in [5.41, 5.74) is 9.31. The van der Waals surface area contributed by atoms with Crippen LogP contribution in [0.5, 0.6) is 0 Å². The van der Waals surface area contributed by atoms with Crippen LogP contribution in [0.1, 0.15) is 42.5 Å². The third-order valence-electron chi connectivity index (χ3n) is 4.13. The highest BCUT2D eigenvalue weighted by atomic mass is 32.1. The Morgan fingerprint density at radius 1 is 1.30 bits per heavy atom. The highest BCUT2D eigenvalue weighted by Crippen LogP contribution is 2.26. The number of fused-ring (bicyclic) bond motifs is 1. The first-order valence-electron chi connectivity index (χ1n) is 7.41. The average Bonchev–Trinajstić information content (AvgIpc) is 2.47. The monoisotopic (exact) mass is 291 g/mol. The number of pyridine rings is 1. The quantitative estimate of drug-likeness (QED) is 0.836. The molecule has 3 rings (SSSR count). The van der Waals surface area contributed by atoms with Gasteiger partial charge in [0.15, 0.2) is 0 Å². The van der Waals surface area contributed by atoms with Crippen molar-refractivity contribution in [1.29, 1.82) is 0 Å². The van der Waals surface area contributed by atoms with Crippen LogP contribution in [0.25, 0.3) is 0 Å². The molecule has 1 aliphatic carbocycles. The van der Waals surface area contributed by atoms with Crippen molar-refractivity contribution in [2.45, 2.75) is 44.6 Å². The second-order valence-corrected chi connectivity index (χ2v) is 6.03. The maximum atomic E-state index is 5.88. The lowest BCUT2D eigenvalue weighted by Crippen LogP contribution is -2.30. The molecule has 0 radical (unpaired) electrons. The molecule has 2 aliphatic rings. The van der Waals surface area contributed by atoms with E-state index >= 15 is 0 Å². The number of rotatable bonds is 3. The normalized spacial score (nSPS) is 19.4. The molecule has 0 unspecified atom stereocenters. The lowest BCUT2D eigenvalue weighted by Gasteiger charge is -2.26. The number of nitrogens with one attached hydrogen (secondary N) is 1. The van der Waals surface area contributed by atoms with E-state index in [1.807, 2.05) is 0 Å². The Morgan fingerprint density at radius 2 is 2.05 bits per heavy atom. The van der Waals surface area contributed by atoms with Gasteiger partial charge in [-0.3, -0.25) is 0 Å². The van der Waals surface area contributed by atoms with Crippen LogP contribution in [0, 0.1) is 0 Å². The van der Waals surface area contributed by atoms with E-state index in [1.165, 1.54) is 24.1 Å². The lowest BCUT2D eigenvalue weighted by molar-refractivity contribution is 0.0904. The van der Waals surface area contributed by atoms with Crippen molar-refractivity contribution in [2.75, 3.05) is 18.5 Å². The zero-order valence-electron chi connectivity index (χ0n) is 11.7. The van der Waals surface area contributed by atoms with Gasteiger partial charge in [0, 0.05) is 24.9 Å². The summed E-state index contributed by atoms with van der Waals surface area (Å²) in [5.74, 6) is 0.866. The van der Waals surface area contributed by atoms with Gasteiger partial charge in [0.1, 0.15) is 10.8 Å². The first kappa shape index (κ1) is 13.8. The number of anilines is 1. The fourth-order valence-corrected chi connectivity index (χ4v) is 3.12. The fourth-order valence-electron chi connectivity index (χ4n) is 2.97. The van der Waals surface area contributed by atoms with E-state index in [-0.39, 0.29) is 0 Å². The number of aromatic nitrogens is 1. The minimum absolute atomic E-state index is 0.408. The molecule has 1 fully saturated rings. The molecule has 0 spiro atoms. The van der Waals surface area contributed by atoms with Crippen LogP contribution in [-0.4, -0.2) is 29.2 Å². The molecule has 108 valence electrons. The summed E-state index contributed by atoms with van der Waals surface area (Å²) in [7, 11) is 0. The Labute approximate surface area is 125 Å². The van der Waals surface area contributed by atoms with Gasteiger partial charge in [0.05, 0.1) is 5.56 Å². The van der Waals surface area contributed by atoms with E-state index in [4.69, 9.17) is 27.7 Å². The number of hydrogen-bond acceptors (Lipinski definition) is 4. The van der Waals surface area contributed by atoms with E-state index in [0.717, 1.165) is 50.3 Å². The molecule has 1 aliphatic heterocycles. The van der Waals surface area contributed by atoms with E-state index in [9.17, 15) is 0 Å². The van der Waals surface area contributed by atoms with Gasteiger partial charge < -0.3 is 15.8 Å². The largest absolute Gasteiger partial charge is 0.389 e. The Kier molecular flexibility index (Phi) is 4.17. The molecule has 2 heterocycles. The van der Waals surface area contributed by atoms with E-state index < -0.39 is 0 Å². The summed E-state index contributed by atoms with van der Waals surface area (Å²) in [5, 5.41) is 3.52. The number of nitrogens with zero attached hydrogens (tertiary/aromatic N) is 1. The summed E-state index contributed by atoms with van der Waals surface area (Å²) in [4.78, 5) is 5.24. The van der Waals surface area contributed by atoms with Crippen LogP contribution >= 0.6 is 12.2 Å². The zero-order valence-corrected chi connectivity index (χ0v) is 12.5. The predicted octanol–water partition coefficient (Wildman–Crippen LogP) is 2.19. The zero-order chi connectivity index (χ0) is 13.9. The molecule has 1 aromatic heterocycles. The Balaban J connectivity index is 1.88. The summed E-state index contributed by atoms with van der Waals surface area (Å²) in [6, 6.07) is 2.55. The van der Waals surface area contributed by atoms with E-state index in [1.54, 1.807) is 0 Å². The molecular weight excluding hydrogens is 270 g/mol. The molecule has 1 aromatic rings. The highest BCUT2D eigenvalue weighted by molar-refractivity contribution is 7.80. The predicted molar refractivity (Wildman–Crippen MR) is 84.2 cm³/mol. The lowest BCUT2D eigenvalue weighted by atomic mass is 9.94.